The minimum Gasteiger partial charge on any atom is -0.378 e. The molecule has 0 bridgehead atoms. The normalized spacial score (nSPS) is 14.0. The molecule has 5 nitrogen and oxygen atoms in total. The third-order valence-electron chi connectivity index (χ3n) is 5.80. The Kier molecular flexibility index (Phi) is 5.88. The minimum atomic E-state index is -0.00124. The van der Waals surface area contributed by atoms with E-state index < -0.39 is 0 Å². The van der Waals surface area contributed by atoms with Gasteiger partial charge < -0.3 is 14.5 Å². The maximum atomic E-state index is 13.5. The Labute approximate surface area is 191 Å². The summed E-state index contributed by atoms with van der Waals surface area (Å²) < 4.78 is 5.44. The highest BCUT2D eigenvalue weighted by Gasteiger charge is 2.18. The van der Waals surface area contributed by atoms with Crippen molar-refractivity contribution < 1.29 is 9.53 Å². The standard InChI is InChI=1S/C26H25N3O2S/c1-28(18-19-8-10-20(11-9-19)29-12-14-31-15-13-29)26(30)22-17-24(25-7-4-16-32-25)27-23-6-3-2-5-21(22)23/h2-11,16-17H,12-15,18H2,1H3. The number of ether oxygens (including phenoxy) is 1. The molecule has 5 rings (SSSR count). The van der Waals surface area contributed by atoms with Gasteiger partial charge in [-0.3, -0.25) is 4.79 Å². The molecule has 3 heterocycles. The zero-order valence-corrected chi connectivity index (χ0v) is 18.8. The zero-order chi connectivity index (χ0) is 21.9. The fourth-order valence-corrected chi connectivity index (χ4v) is 4.77. The summed E-state index contributed by atoms with van der Waals surface area (Å²) in [5.41, 5.74) is 4.67. The number of carbonyl (C=O) groups is 1. The van der Waals surface area contributed by atoms with E-state index in [4.69, 9.17) is 9.72 Å². The molecule has 0 spiro atoms. The van der Waals surface area contributed by atoms with E-state index in [0.29, 0.717) is 12.1 Å². The predicted molar refractivity (Wildman–Crippen MR) is 130 cm³/mol. The second-order valence-electron chi connectivity index (χ2n) is 7.98. The van der Waals surface area contributed by atoms with Crippen LogP contribution in [0.25, 0.3) is 21.5 Å². The highest BCUT2D eigenvalue weighted by molar-refractivity contribution is 7.13. The molecule has 0 atom stereocenters. The van der Waals surface area contributed by atoms with Gasteiger partial charge in [-0.2, -0.15) is 0 Å². The molecule has 1 aliphatic heterocycles. The molecule has 0 saturated carbocycles. The van der Waals surface area contributed by atoms with Gasteiger partial charge in [-0.05, 0) is 41.3 Å². The van der Waals surface area contributed by atoms with Crippen molar-refractivity contribution in [3.63, 3.8) is 0 Å². The summed E-state index contributed by atoms with van der Waals surface area (Å²) >= 11 is 1.63. The summed E-state index contributed by atoms with van der Waals surface area (Å²) in [6.45, 7) is 3.92. The Morgan fingerprint density at radius 3 is 2.59 bits per heavy atom. The van der Waals surface area contributed by atoms with E-state index in [1.807, 2.05) is 54.9 Å². The van der Waals surface area contributed by atoms with Crippen LogP contribution < -0.4 is 4.90 Å². The van der Waals surface area contributed by atoms with Crippen molar-refractivity contribution in [2.45, 2.75) is 6.54 Å². The van der Waals surface area contributed by atoms with Gasteiger partial charge >= 0.3 is 0 Å². The summed E-state index contributed by atoms with van der Waals surface area (Å²) in [7, 11) is 1.86. The molecule has 2 aromatic heterocycles. The topological polar surface area (TPSA) is 45.7 Å². The van der Waals surface area contributed by atoms with Crippen molar-refractivity contribution in [3.8, 4) is 10.6 Å². The van der Waals surface area contributed by atoms with Crippen molar-refractivity contribution in [2.75, 3.05) is 38.3 Å². The van der Waals surface area contributed by atoms with E-state index in [9.17, 15) is 4.79 Å². The van der Waals surface area contributed by atoms with Crippen LogP contribution in [0.3, 0.4) is 0 Å². The molecule has 0 N–H and O–H groups in total. The largest absolute Gasteiger partial charge is 0.378 e. The molecule has 4 aromatic rings. The first-order valence-corrected chi connectivity index (χ1v) is 11.7. The molecule has 1 saturated heterocycles. The first-order valence-electron chi connectivity index (χ1n) is 10.8. The zero-order valence-electron chi connectivity index (χ0n) is 18.0. The Morgan fingerprint density at radius 1 is 1.06 bits per heavy atom. The number of carbonyl (C=O) groups excluding carboxylic acids is 1. The molecule has 1 amide bonds. The lowest BCUT2D eigenvalue weighted by molar-refractivity contribution is 0.0787. The number of morpholine rings is 1. The van der Waals surface area contributed by atoms with Crippen LogP contribution >= 0.6 is 11.3 Å². The summed E-state index contributed by atoms with van der Waals surface area (Å²) in [4.78, 5) is 23.4. The third kappa shape index (κ3) is 4.24. The fraction of sp³-hybridized carbons (Fsp3) is 0.231. The first kappa shape index (κ1) is 20.7. The average molecular weight is 444 g/mol. The number of fused-ring (bicyclic) bond motifs is 1. The number of thiophene rings is 1. The maximum Gasteiger partial charge on any atom is 0.254 e. The van der Waals surface area contributed by atoms with Gasteiger partial charge in [0.05, 0.1) is 34.9 Å². The number of amides is 1. The number of aromatic nitrogens is 1. The van der Waals surface area contributed by atoms with Gasteiger partial charge in [-0.25, -0.2) is 4.98 Å². The van der Waals surface area contributed by atoms with Crippen molar-refractivity contribution in [3.05, 3.63) is 83.2 Å². The van der Waals surface area contributed by atoms with Gasteiger partial charge in [-0.15, -0.1) is 11.3 Å². The van der Waals surface area contributed by atoms with Gasteiger partial charge in [0.2, 0.25) is 0 Å². The number of pyridine rings is 1. The number of para-hydroxylation sites is 1. The Morgan fingerprint density at radius 2 is 1.84 bits per heavy atom. The van der Waals surface area contributed by atoms with E-state index in [0.717, 1.165) is 53.3 Å². The van der Waals surface area contributed by atoms with Crippen LogP contribution in [0.1, 0.15) is 15.9 Å². The van der Waals surface area contributed by atoms with E-state index in [2.05, 4.69) is 29.2 Å². The van der Waals surface area contributed by atoms with Crippen LogP contribution in [-0.4, -0.2) is 49.1 Å². The van der Waals surface area contributed by atoms with E-state index in [1.165, 1.54) is 5.69 Å². The number of anilines is 1. The monoisotopic (exact) mass is 443 g/mol. The van der Waals surface area contributed by atoms with E-state index in [-0.39, 0.29) is 5.91 Å². The van der Waals surface area contributed by atoms with Crippen molar-refractivity contribution in [2.24, 2.45) is 0 Å². The molecule has 1 aliphatic rings. The van der Waals surface area contributed by atoms with Crippen molar-refractivity contribution in [1.82, 2.24) is 9.88 Å². The van der Waals surface area contributed by atoms with Gasteiger partial charge in [0, 0.05) is 37.8 Å². The highest BCUT2D eigenvalue weighted by Crippen LogP contribution is 2.28. The maximum absolute atomic E-state index is 13.5. The molecule has 0 radical (unpaired) electrons. The smallest absolute Gasteiger partial charge is 0.254 e. The predicted octanol–water partition coefficient (Wildman–Crippen LogP) is 5.07. The molecule has 32 heavy (non-hydrogen) atoms. The highest BCUT2D eigenvalue weighted by atomic mass is 32.1. The van der Waals surface area contributed by atoms with Crippen molar-refractivity contribution in [1.29, 1.82) is 0 Å². The van der Waals surface area contributed by atoms with Crippen LogP contribution in [0.4, 0.5) is 5.69 Å². The Balaban J connectivity index is 1.39. The number of hydrogen-bond donors (Lipinski definition) is 0. The van der Waals surface area contributed by atoms with Crippen LogP contribution in [0.5, 0.6) is 0 Å². The first-order chi connectivity index (χ1) is 15.7. The number of rotatable bonds is 5. The summed E-state index contributed by atoms with van der Waals surface area (Å²) in [6.07, 6.45) is 0. The minimum absolute atomic E-state index is 0.00124. The number of nitrogens with zero attached hydrogens (tertiary/aromatic N) is 3. The quantitative estimate of drug-likeness (QED) is 0.432. The summed E-state index contributed by atoms with van der Waals surface area (Å²) in [5.74, 6) is -0.00124. The molecule has 162 valence electrons. The third-order valence-corrected chi connectivity index (χ3v) is 6.69. The molecular formula is C26H25N3O2S. The molecule has 6 heteroatoms. The van der Waals surface area contributed by atoms with Crippen LogP contribution in [0, 0.1) is 0 Å². The van der Waals surface area contributed by atoms with Gasteiger partial charge in [0.25, 0.3) is 5.91 Å². The van der Waals surface area contributed by atoms with Gasteiger partial charge in [-0.1, -0.05) is 36.4 Å². The Bertz CT molecular complexity index is 1220. The van der Waals surface area contributed by atoms with Gasteiger partial charge in [0.15, 0.2) is 0 Å². The van der Waals surface area contributed by atoms with E-state index >= 15 is 0 Å². The molecule has 0 unspecified atom stereocenters. The molecule has 1 fully saturated rings. The summed E-state index contributed by atoms with van der Waals surface area (Å²) in [5, 5.41) is 2.91. The Hall–Kier alpha value is -3.22. The van der Waals surface area contributed by atoms with Crippen molar-refractivity contribution >= 4 is 33.8 Å². The van der Waals surface area contributed by atoms with E-state index in [1.54, 1.807) is 16.2 Å². The number of benzene rings is 2. The SMILES string of the molecule is CN(Cc1ccc(N2CCOCC2)cc1)C(=O)c1cc(-c2cccs2)nc2ccccc12. The van der Waals surface area contributed by atoms with Gasteiger partial charge in [0.1, 0.15) is 0 Å². The van der Waals surface area contributed by atoms with Crippen LogP contribution in [-0.2, 0) is 11.3 Å². The lowest BCUT2D eigenvalue weighted by Gasteiger charge is -2.29. The second kappa shape index (κ2) is 9.10. The molecule has 2 aromatic carbocycles. The number of hydrogen-bond acceptors (Lipinski definition) is 5. The average Bonchev–Trinajstić information content (AvgIpc) is 3.39. The lowest BCUT2D eigenvalue weighted by atomic mass is 10.1. The second-order valence-corrected chi connectivity index (χ2v) is 8.92. The summed E-state index contributed by atoms with van der Waals surface area (Å²) in [6, 6.07) is 22.3. The molecule has 0 aliphatic carbocycles. The fourth-order valence-electron chi connectivity index (χ4n) is 4.09. The van der Waals surface area contributed by atoms with Crippen LogP contribution in [0.2, 0.25) is 0 Å². The molecular weight excluding hydrogens is 418 g/mol. The lowest BCUT2D eigenvalue weighted by Crippen LogP contribution is -2.36. The van der Waals surface area contributed by atoms with Crippen LogP contribution in [0.15, 0.2) is 72.1 Å².